The fourth-order valence-corrected chi connectivity index (χ4v) is 9.99. The van der Waals surface area contributed by atoms with Crippen LogP contribution in [0.3, 0.4) is 0 Å². The van der Waals surface area contributed by atoms with E-state index in [2.05, 4.69) is 147 Å². The van der Waals surface area contributed by atoms with Gasteiger partial charge in [-0.25, -0.2) is 0 Å². The number of ether oxygens (including phenoxy) is 4. The van der Waals surface area contributed by atoms with E-state index in [1.54, 1.807) is 12.1 Å². The van der Waals surface area contributed by atoms with Crippen LogP contribution in [0, 0.1) is 7.43 Å². The molecule has 0 aliphatic rings. The van der Waals surface area contributed by atoms with Crippen LogP contribution in [0.2, 0.25) is 0 Å². The van der Waals surface area contributed by atoms with Crippen molar-refractivity contribution in [3.05, 3.63) is 93.9 Å². The van der Waals surface area contributed by atoms with E-state index in [9.17, 15) is 11.7 Å². The Hall–Kier alpha value is -0.276. The summed E-state index contributed by atoms with van der Waals surface area (Å²) in [6.45, 7) is 44.0. The number of benzene rings is 3. The van der Waals surface area contributed by atoms with Crippen molar-refractivity contribution in [1.82, 2.24) is 0 Å². The molecule has 413 valence electrons. The van der Waals surface area contributed by atoms with E-state index in [1.807, 2.05) is 70.1 Å². The number of rotatable bonds is 18. The summed E-state index contributed by atoms with van der Waals surface area (Å²) in [7, 11) is 4.42. The van der Waals surface area contributed by atoms with Crippen molar-refractivity contribution in [3.8, 4) is 0 Å². The van der Waals surface area contributed by atoms with E-state index in [4.69, 9.17) is 28.5 Å². The summed E-state index contributed by atoms with van der Waals surface area (Å²) in [6, 6.07) is 12.8. The first-order valence-electron chi connectivity index (χ1n) is 23.7. The van der Waals surface area contributed by atoms with Crippen LogP contribution in [0.5, 0.6) is 0 Å². The number of hydrogen-bond donors (Lipinski definition) is 0. The van der Waals surface area contributed by atoms with Gasteiger partial charge in [0.2, 0.25) is 11.2 Å². The Balaban J connectivity index is -0.000000555. The molecule has 0 aliphatic heterocycles. The number of carbonyl (C=O) groups excluding carboxylic acids is 2. The van der Waals surface area contributed by atoms with Crippen LogP contribution < -0.4 is 0 Å². The maximum absolute atomic E-state index is 13.8. The van der Waals surface area contributed by atoms with E-state index in [0.717, 1.165) is 31.0 Å². The first-order valence-corrected chi connectivity index (χ1v) is 36.2. The monoisotopic (exact) mass is 1320 g/mol. The van der Waals surface area contributed by atoms with Gasteiger partial charge in [0.1, 0.15) is 12.6 Å². The zero-order chi connectivity index (χ0) is 54.1. The van der Waals surface area contributed by atoms with Crippen LogP contribution in [0.15, 0.2) is 51.1 Å². The topological polar surface area (TPSA) is 71.1 Å². The summed E-state index contributed by atoms with van der Waals surface area (Å²) in [4.78, 5) is 19.8. The summed E-state index contributed by atoms with van der Waals surface area (Å²) >= 11 is -0.645. The Bertz CT molecular complexity index is 1840. The molecule has 15 heteroatoms. The van der Waals surface area contributed by atoms with Crippen molar-refractivity contribution < 1.29 is 49.7 Å². The molecule has 0 aliphatic carbocycles. The second-order valence-corrected chi connectivity index (χ2v) is 35.5. The molecule has 71 heavy (non-hydrogen) atoms. The van der Waals surface area contributed by atoms with E-state index < -0.39 is 16.1 Å². The minimum atomic E-state index is -5.38. The molecule has 0 fully saturated rings. The molecule has 0 unspecified atom stereocenters. The minimum absolute atomic E-state index is 0. The van der Waals surface area contributed by atoms with Gasteiger partial charge < -0.3 is 36.0 Å². The van der Waals surface area contributed by atoms with E-state index >= 15 is 0 Å². The third-order valence-corrected chi connectivity index (χ3v) is 13.5. The molecule has 0 bridgehead atoms. The zero-order valence-electron chi connectivity index (χ0n) is 46.7. The molecule has 0 N–H and O–H groups in total. The van der Waals surface area contributed by atoms with Crippen LogP contribution in [-0.4, -0.2) is 37.0 Å². The zero-order valence-corrected chi connectivity index (χ0v) is 54.8. The molecule has 3 aromatic rings. The van der Waals surface area contributed by atoms with Crippen LogP contribution in [0.25, 0.3) is 0 Å². The molecule has 0 heterocycles. The Kier molecular flexibility index (Phi) is 41.7. The van der Waals surface area contributed by atoms with Crippen molar-refractivity contribution in [3.63, 3.8) is 0 Å². The Morgan fingerprint density at radius 2 is 0.718 bits per heavy atom. The van der Waals surface area contributed by atoms with E-state index in [-0.39, 0.29) is 79.9 Å². The van der Waals surface area contributed by atoms with E-state index in [0.29, 0.717) is 22.7 Å². The number of halogens is 5. The third-order valence-electron chi connectivity index (χ3n) is 9.82. The molecule has 0 atom stereocenters. The average molecular weight is 1320 g/mol. The fourth-order valence-electron chi connectivity index (χ4n) is 6.14. The molecule has 0 saturated heterocycles. The molecular formula is C56H94F3I2O6S3V-. The van der Waals surface area contributed by atoms with Gasteiger partial charge in [0.25, 0.3) is 0 Å². The van der Waals surface area contributed by atoms with Gasteiger partial charge in [0, 0.05) is 9.79 Å². The van der Waals surface area contributed by atoms with Crippen molar-refractivity contribution in [2.45, 2.75) is 247 Å². The summed E-state index contributed by atoms with van der Waals surface area (Å²) in [5, 5.41) is 0. The molecule has 0 saturated carbocycles. The standard InChI is InChI=1S/C32H50O2S2.C18H29F3O2S.2C2H4O.CH4.CH3.2HI.V/c1-13-23-15-27(31(7,8)9)16-24(14-2)29(23)35-36-30-25(19-33-21(3)4)17-28(32(10,11)12)18-26(30)20-34-22(5)6;1-12(2)22-10-14-8-16(18(5,6)7)9-15(11-23-13(3)4)17(14)24(19,20)21;2*1-2-3;;;;;/h15-18,21-22H,13-14,19-20H2,1-12H3;8-9,12-13H,10-11H2,1-7H3;2*2H,1H3;1H4;1H3;2*1H;/q;;;;;-1;;;+2/p-2. The van der Waals surface area contributed by atoms with Gasteiger partial charge in [0.15, 0.2) is 0 Å². The Morgan fingerprint density at radius 3 is 0.915 bits per heavy atom. The van der Waals surface area contributed by atoms with Crippen LogP contribution in [0.1, 0.15) is 203 Å². The second-order valence-electron chi connectivity index (χ2n) is 20.4. The average Bonchev–Trinajstić information content (AvgIpc) is 3.21. The fraction of sp³-hybridized carbons (Fsp3) is 0.625. The third kappa shape index (κ3) is 31.5. The summed E-state index contributed by atoms with van der Waals surface area (Å²) in [5.41, 5.74) is 9.42. The van der Waals surface area contributed by atoms with Crippen molar-refractivity contribution in [1.29, 1.82) is 0 Å². The molecule has 3 rings (SSSR count). The normalized spacial score (nSPS) is 11.7. The SMILES string of the molecule is C.CC(C)OCc1cc(C(C)(C)C)cc(COC(C)C)c1S(F)(F)F.CC=O.CC=O.CCc1cc(C(C)(C)C)cc(CC)c1SSc1c(COC(C)C)cc(C(C)(C)C)cc1COC(C)C.[CH3-].[I][V][I]. The molecule has 0 spiro atoms. The van der Waals surface area contributed by atoms with Gasteiger partial charge in [-0.05, 0) is 148 Å². The Labute approximate surface area is 472 Å². The molecular weight excluding hydrogens is 1230 g/mol. The van der Waals surface area contributed by atoms with E-state index in [1.165, 1.54) is 57.0 Å². The van der Waals surface area contributed by atoms with Gasteiger partial charge in [-0.1, -0.05) is 142 Å². The summed E-state index contributed by atoms with van der Waals surface area (Å²) < 4.78 is 64.5. The summed E-state index contributed by atoms with van der Waals surface area (Å²) in [5.74, 6) is 0. The van der Waals surface area contributed by atoms with Crippen molar-refractivity contribution >= 4 is 85.3 Å². The van der Waals surface area contributed by atoms with Gasteiger partial charge in [0.05, 0.1) is 55.7 Å². The van der Waals surface area contributed by atoms with Crippen LogP contribution >= 0.6 is 72.7 Å². The maximum atomic E-state index is 13.8. The van der Waals surface area contributed by atoms with Crippen molar-refractivity contribution in [2.75, 3.05) is 0 Å². The van der Waals surface area contributed by atoms with Crippen LogP contribution in [0.4, 0.5) is 11.7 Å². The van der Waals surface area contributed by atoms with Gasteiger partial charge in [-0.2, -0.15) is 0 Å². The summed E-state index contributed by atoms with van der Waals surface area (Å²) in [6.07, 6.45) is 3.69. The Morgan fingerprint density at radius 1 is 0.521 bits per heavy atom. The van der Waals surface area contributed by atoms with Gasteiger partial charge in [-0.15, -0.1) is 11.7 Å². The number of hydrogen-bond acceptors (Lipinski definition) is 8. The molecule has 3 aromatic carbocycles. The predicted molar refractivity (Wildman–Crippen MR) is 319 cm³/mol. The molecule has 6 nitrogen and oxygen atoms in total. The molecule has 0 amide bonds. The number of aldehydes is 2. The number of aryl methyl sites for hydroxylation is 2. The molecule has 0 aromatic heterocycles. The first kappa shape index (κ1) is 77.2. The first-order chi connectivity index (χ1) is 31.7. The van der Waals surface area contributed by atoms with Crippen molar-refractivity contribution in [2.24, 2.45) is 0 Å². The molecule has 0 radical (unpaired) electrons. The van der Waals surface area contributed by atoms with Gasteiger partial charge >= 0.3 is 49.4 Å². The van der Waals surface area contributed by atoms with Gasteiger partial charge in [-0.3, -0.25) is 0 Å². The number of carbonyl (C=O) groups is 2. The predicted octanol–water partition coefficient (Wildman–Crippen LogP) is 20.0. The second kappa shape index (κ2) is 38.3. The quantitative estimate of drug-likeness (QED) is 0.0540. The van der Waals surface area contributed by atoms with Crippen LogP contribution in [-0.2, 0) is 93.5 Å².